The van der Waals surface area contributed by atoms with Crippen molar-refractivity contribution in [2.45, 2.75) is 99.6 Å². The Morgan fingerprint density at radius 1 is 0.804 bits per heavy atom. The Morgan fingerprint density at radius 2 is 1.31 bits per heavy atom. The molecule has 3 aliphatic rings. The molecule has 2 atom stereocenters. The predicted octanol–water partition coefficient (Wildman–Crippen LogP) is 7.94. The van der Waals surface area contributed by atoms with Crippen LogP contribution in [0, 0.1) is 17.7 Å². The Labute approximate surface area is 305 Å². The number of amides is 1. The molecule has 4 rings (SSSR count). The number of likely N-dealkylation sites (N-methyl/N-ethyl adjacent to an activating group) is 2. The quantitative estimate of drug-likeness (QED) is 0.187. The summed E-state index contributed by atoms with van der Waals surface area (Å²) in [5.41, 5.74) is -0.461. The summed E-state index contributed by atoms with van der Waals surface area (Å²) >= 11 is 0. The Bertz CT molecular complexity index is 1280. The maximum absolute atomic E-state index is 13.5. The average molecular weight is 727 g/mol. The van der Waals surface area contributed by atoms with E-state index in [9.17, 15) is 23.2 Å². The third-order valence-corrected chi connectivity index (χ3v) is 6.75. The number of allylic oxidation sites excluding steroid dienone is 2. The first-order chi connectivity index (χ1) is 22.9. The molecule has 0 spiro atoms. The number of fused-ring (bicyclic) bond motifs is 2. The third kappa shape index (κ3) is 20.8. The Hall–Kier alpha value is -3.55. The van der Waals surface area contributed by atoms with E-state index < -0.39 is 35.2 Å². The van der Waals surface area contributed by atoms with Crippen LogP contribution in [0.5, 0.6) is 0 Å². The molecular weight excluding hydrogens is 662 g/mol. The van der Waals surface area contributed by atoms with E-state index >= 15 is 0 Å². The zero-order chi connectivity index (χ0) is 38.4. The van der Waals surface area contributed by atoms with Crippen LogP contribution in [0.3, 0.4) is 0 Å². The van der Waals surface area contributed by atoms with Crippen LogP contribution >= 0.6 is 0 Å². The van der Waals surface area contributed by atoms with Gasteiger partial charge in [0, 0.05) is 44.2 Å². The van der Waals surface area contributed by atoms with Crippen LogP contribution in [0.1, 0.15) is 80.9 Å². The third-order valence-electron chi connectivity index (χ3n) is 6.75. The number of ether oxygens (including phenoxy) is 4. The summed E-state index contributed by atoms with van der Waals surface area (Å²) in [6.07, 6.45) is 2.94. The molecule has 0 radical (unpaired) electrons. The first-order valence-corrected chi connectivity index (χ1v) is 16.8. The minimum atomic E-state index is -1.06. The Balaban J connectivity index is 0.000000675. The maximum Gasteiger partial charge on any atom is 0.519 e. The average Bonchev–Trinajstić information content (AvgIpc) is 3.59. The first kappa shape index (κ1) is 47.4. The van der Waals surface area contributed by atoms with Crippen LogP contribution in [-0.2, 0) is 32.0 Å². The van der Waals surface area contributed by atoms with Gasteiger partial charge in [-0.25, -0.2) is 23.2 Å². The van der Waals surface area contributed by atoms with Crippen LogP contribution in [0.4, 0.5) is 23.2 Å². The lowest BCUT2D eigenvalue weighted by Crippen LogP contribution is -2.33. The van der Waals surface area contributed by atoms with Gasteiger partial charge in [-0.05, 0) is 114 Å². The van der Waals surface area contributed by atoms with Crippen molar-refractivity contribution in [3.63, 3.8) is 0 Å². The molecule has 1 aliphatic carbocycles. The summed E-state index contributed by atoms with van der Waals surface area (Å²) in [5.74, 6) is 0.320. The molecule has 2 aliphatic heterocycles. The zero-order valence-corrected chi connectivity index (χ0v) is 32.3. The molecule has 11 nitrogen and oxygen atoms in total. The second-order valence-electron chi connectivity index (χ2n) is 15.7. The topological polar surface area (TPSA) is 110 Å². The number of rotatable bonds is 3. The second kappa shape index (κ2) is 21.1. The molecule has 0 bridgehead atoms. The van der Waals surface area contributed by atoms with E-state index in [0.29, 0.717) is 18.0 Å². The van der Waals surface area contributed by atoms with Crippen molar-refractivity contribution in [2.75, 3.05) is 54.4 Å². The molecule has 51 heavy (non-hydrogen) atoms. The molecule has 2 unspecified atom stereocenters. The Morgan fingerprint density at radius 3 is 1.75 bits per heavy atom. The van der Waals surface area contributed by atoms with Gasteiger partial charge in [-0.2, -0.15) is 0 Å². The highest BCUT2D eigenvalue weighted by Gasteiger charge is 2.30. The fourth-order valence-corrected chi connectivity index (χ4v) is 4.46. The van der Waals surface area contributed by atoms with Crippen molar-refractivity contribution in [2.24, 2.45) is 11.8 Å². The lowest BCUT2D eigenvalue weighted by molar-refractivity contribution is -0.0294. The van der Waals surface area contributed by atoms with E-state index in [-0.39, 0.29) is 31.5 Å². The highest BCUT2D eigenvalue weighted by molar-refractivity contribution is 5.77. The first-order valence-electron chi connectivity index (χ1n) is 16.8. The lowest BCUT2D eigenvalue weighted by atomic mass is 9.91. The van der Waals surface area contributed by atoms with Crippen LogP contribution in [0.25, 0.3) is 0 Å². The van der Waals surface area contributed by atoms with Crippen molar-refractivity contribution in [1.29, 1.82) is 0 Å². The second-order valence-corrected chi connectivity index (χ2v) is 15.7. The highest BCUT2D eigenvalue weighted by Crippen LogP contribution is 2.29. The number of nitrogens with one attached hydrogen (secondary N) is 1. The summed E-state index contributed by atoms with van der Waals surface area (Å²) in [6.45, 7) is 20.2. The number of carbonyl (C=O) groups excluding carboxylic acids is 3. The van der Waals surface area contributed by atoms with E-state index in [1.807, 2.05) is 32.9 Å². The van der Waals surface area contributed by atoms with Gasteiger partial charge in [0.05, 0.1) is 6.54 Å². The van der Waals surface area contributed by atoms with E-state index in [4.69, 9.17) is 14.2 Å². The number of carbonyl (C=O) groups is 3. The maximum atomic E-state index is 13.5. The fourth-order valence-electron chi connectivity index (χ4n) is 4.46. The molecule has 13 heteroatoms. The van der Waals surface area contributed by atoms with Gasteiger partial charge < -0.3 is 34.1 Å². The van der Waals surface area contributed by atoms with Crippen molar-refractivity contribution in [3.05, 3.63) is 59.2 Å². The summed E-state index contributed by atoms with van der Waals surface area (Å²) in [7, 11) is 8.35. The van der Waals surface area contributed by atoms with E-state index in [0.717, 1.165) is 31.7 Å². The number of hydrogen-bond acceptors (Lipinski definition) is 10. The largest absolute Gasteiger partial charge is 0.519 e. The summed E-state index contributed by atoms with van der Waals surface area (Å²) in [6, 6.07) is 4.91. The molecule has 2 heterocycles. The molecule has 1 amide bonds. The molecule has 1 saturated heterocycles. The van der Waals surface area contributed by atoms with Crippen LogP contribution in [0.2, 0.25) is 0 Å². The van der Waals surface area contributed by atoms with E-state index in [1.54, 1.807) is 53.7 Å². The highest BCUT2D eigenvalue weighted by atomic mass is 19.1. The summed E-state index contributed by atoms with van der Waals surface area (Å²) < 4.78 is 45.5. The van der Waals surface area contributed by atoms with Gasteiger partial charge in [0.25, 0.3) is 0 Å². The lowest BCUT2D eigenvalue weighted by Gasteiger charge is -2.24. The standard InChI is InChI=1S/C13H16FNO2.C10H18O5.C8H10FN.C6H16N2.CH4/c1-13(2,3)17-12(16)15-7-9-5-4-6-11(14)10(9)8-15;1-9(2,3)14-7(11)13-8(12)15-10(4,5)6;9-8-3-1-2-6-4-10-5-7(6)8;1-7(2)5-6-8(3)4;/h4-6H,7-8H2,1-3H3;1-6H3;1-3,6-7,10H,4-5H2;5-6H2,1-4H3;1H4. The number of hydrogen-bond donors (Lipinski definition) is 1. The molecular formula is C38H64F2N4O7. The minimum absolute atomic E-state index is 0. The summed E-state index contributed by atoms with van der Waals surface area (Å²) in [4.78, 5) is 39.7. The van der Waals surface area contributed by atoms with Gasteiger partial charge in [0.2, 0.25) is 0 Å². The molecule has 1 fully saturated rings. The summed E-state index contributed by atoms with van der Waals surface area (Å²) in [5, 5.41) is 3.16. The SMILES string of the molecule is C.CC(C)(C)OC(=O)N1Cc2cccc(F)c2C1.CC(C)(C)OC(=O)OC(=O)OC(C)(C)C.CN(C)CCN(C)C.FC1=CC=CC2CNCC12. The van der Waals surface area contributed by atoms with Crippen molar-refractivity contribution >= 4 is 18.4 Å². The number of nitrogens with zero attached hydrogens (tertiary/aromatic N) is 3. The fraction of sp³-hybridized carbons (Fsp3) is 0.658. The normalized spacial score (nSPS) is 17.5. The van der Waals surface area contributed by atoms with Gasteiger partial charge in [-0.3, -0.25) is 4.90 Å². The van der Waals surface area contributed by atoms with Gasteiger partial charge in [-0.1, -0.05) is 31.7 Å². The van der Waals surface area contributed by atoms with Crippen LogP contribution < -0.4 is 5.32 Å². The number of halogens is 2. The van der Waals surface area contributed by atoms with Gasteiger partial charge >= 0.3 is 18.4 Å². The van der Waals surface area contributed by atoms with Crippen molar-refractivity contribution < 1.29 is 42.1 Å². The van der Waals surface area contributed by atoms with Gasteiger partial charge in [-0.15, -0.1) is 0 Å². The van der Waals surface area contributed by atoms with Crippen LogP contribution in [0.15, 0.2) is 42.3 Å². The Kier molecular flexibility index (Phi) is 19.6. The molecule has 1 aromatic rings. The van der Waals surface area contributed by atoms with E-state index in [1.165, 1.54) is 11.0 Å². The predicted molar refractivity (Wildman–Crippen MR) is 197 cm³/mol. The molecule has 1 N–H and O–H groups in total. The smallest absolute Gasteiger partial charge is 0.444 e. The van der Waals surface area contributed by atoms with E-state index in [2.05, 4.69) is 54.1 Å². The zero-order valence-electron chi connectivity index (χ0n) is 32.3. The molecule has 0 aromatic heterocycles. The number of benzene rings is 1. The van der Waals surface area contributed by atoms with Crippen molar-refractivity contribution in [3.8, 4) is 0 Å². The van der Waals surface area contributed by atoms with Crippen molar-refractivity contribution in [1.82, 2.24) is 20.0 Å². The molecule has 1 aromatic carbocycles. The molecule has 292 valence electrons. The van der Waals surface area contributed by atoms with Crippen LogP contribution in [-0.4, -0.2) is 104 Å². The van der Waals surface area contributed by atoms with Gasteiger partial charge in [0.1, 0.15) is 28.4 Å². The minimum Gasteiger partial charge on any atom is -0.444 e. The van der Waals surface area contributed by atoms with Gasteiger partial charge in [0.15, 0.2) is 0 Å². The monoisotopic (exact) mass is 726 g/mol. The molecule has 0 saturated carbocycles.